The predicted molar refractivity (Wildman–Crippen MR) is 112 cm³/mol. The number of amides is 1. The first-order valence-corrected chi connectivity index (χ1v) is 9.54. The normalized spacial score (nSPS) is 13.8. The molecule has 31 heavy (non-hydrogen) atoms. The maximum absolute atomic E-state index is 12.8. The van der Waals surface area contributed by atoms with Crippen LogP contribution in [0, 0.1) is 5.41 Å². The van der Waals surface area contributed by atoms with Crippen molar-refractivity contribution in [3.8, 4) is 17.2 Å². The van der Waals surface area contributed by atoms with Gasteiger partial charge in [0.15, 0.2) is 11.7 Å². The molecule has 0 saturated carbocycles. The van der Waals surface area contributed by atoms with Crippen LogP contribution in [0.4, 0.5) is 5.82 Å². The Hall–Kier alpha value is -3.92. The third-order valence-electron chi connectivity index (χ3n) is 4.71. The average molecular weight is 422 g/mol. The van der Waals surface area contributed by atoms with Crippen LogP contribution in [0.1, 0.15) is 35.5 Å². The van der Waals surface area contributed by atoms with Gasteiger partial charge in [0.2, 0.25) is 0 Å². The molecule has 0 radical (unpaired) electrons. The molecule has 0 saturated heterocycles. The molecule has 3 heterocycles. The van der Waals surface area contributed by atoms with Crippen molar-refractivity contribution in [3.63, 3.8) is 0 Å². The summed E-state index contributed by atoms with van der Waals surface area (Å²) in [6.45, 7) is 3.93. The number of amidine groups is 1. The van der Waals surface area contributed by atoms with Gasteiger partial charge in [-0.1, -0.05) is 0 Å². The van der Waals surface area contributed by atoms with Gasteiger partial charge in [-0.25, -0.2) is 4.98 Å². The number of benzene rings is 1. The summed E-state index contributed by atoms with van der Waals surface area (Å²) in [4.78, 5) is 16.9. The molecule has 1 aliphatic heterocycles. The first-order chi connectivity index (χ1) is 14.7. The summed E-state index contributed by atoms with van der Waals surface area (Å²) in [7, 11) is 1.77. The number of anilines is 1. The molecule has 1 aliphatic rings. The fourth-order valence-corrected chi connectivity index (χ4v) is 3.31. The van der Waals surface area contributed by atoms with Gasteiger partial charge in [0.25, 0.3) is 5.91 Å². The highest BCUT2D eigenvalue weighted by Gasteiger charge is 2.34. The first-order valence-electron chi connectivity index (χ1n) is 9.54. The number of nitrogens with zero attached hydrogens (tertiary/aromatic N) is 3. The quantitative estimate of drug-likeness (QED) is 0.282. The van der Waals surface area contributed by atoms with Crippen LogP contribution >= 0.6 is 0 Å². The highest BCUT2D eigenvalue weighted by atomic mass is 16.5. The van der Waals surface area contributed by atoms with E-state index in [0.29, 0.717) is 35.1 Å². The van der Waals surface area contributed by atoms with Crippen molar-refractivity contribution in [2.75, 3.05) is 5.32 Å². The summed E-state index contributed by atoms with van der Waals surface area (Å²) >= 11 is 0. The summed E-state index contributed by atoms with van der Waals surface area (Å²) in [5, 5.41) is 23.3. The van der Waals surface area contributed by atoms with Crippen molar-refractivity contribution < 1.29 is 19.5 Å². The highest BCUT2D eigenvalue weighted by molar-refractivity contribution is 6.04. The molecule has 0 aliphatic carbocycles. The molecule has 10 nitrogen and oxygen atoms in total. The van der Waals surface area contributed by atoms with Crippen LogP contribution in [0.3, 0.4) is 0 Å². The maximum atomic E-state index is 12.8. The van der Waals surface area contributed by atoms with Crippen LogP contribution in [0.5, 0.6) is 17.2 Å². The summed E-state index contributed by atoms with van der Waals surface area (Å²) in [5.41, 5.74) is 2.80. The molecule has 0 spiro atoms. The molecule has 1 aromatic carbocycles. The summed E-state index contributed by atoms with van der Waals surface area (Å²) in [6, 6.07) is 8.23. The number of aromatic nitrogens is 3. The van der Waals surface area contributed by atoms with Crippen LogP contribution in [0.25, 0.3) is 0 Å². The monoisotopic (exact) mass is 422 g/mol. The Morgan fingerprint density at radius 3 is 2.77 bits per heavy atom. The van der Waals surface area contributed by atoms with E-state index in [4.69, 9.17) is 20.1 Å². The van der Waals surface area contributed by atoms with E-state index in [-0.39, 0.29) is 17.4 Å². The minimum atomic E-state index is -0.430. The standard InChI is InChI=1S/C21H22N6O4/c1-21(2)10-14-16(30-13-4-5-15(23-11-13)19(22)26-29)8-12(9-17(14)31-21)20(28)24-18-6-7-27(3)25-18/h4-9,11,29H,10H2,1-3H3,(H2,22,26)(H,24,25,28). The molecule has 10 heteroatoms. The Bertz CT molecular complexity index is 1150. The Balaban J connectivity index is 1.64. The summed E-state index contributed by atoms with van der Waals surface area (Å²) in [6.07, 6.45) is 3.79. The van der Waals surface area contributed by atoms with E-state index >= 15 is 0 Å². The van der Waals surface area contributed by atoms with Crippen LogP contribution in [0.15, 0.2) is 42.7 Å². The molecule has 0 fully saturated rings. The zero-order valence-corrected chi connectivity index (χ0v) is 17.3. The van der Waals surface area contributed by atoms with Crippen molar-refractivity contribution in [1.82, 2.24) is 20.2 Å². The molecule has 1 amide bonds. The topological polar surface area (TPSA) is 134 Å². The highest BCUT2D eigenvalue weighted by Crippen LogP contribution is 2.43. The van der Waals surface area contributed by atoms with Crippen LogP contribution in [-0.4, -0.2) is 37.3 Å². The summed E-state index contributed by atoms with van der Waals surface area (Å²) < 4.78 is 13.7. The predicted octanol–water partition coefficient (Wildman–Crippen LogP) is 2.88. The molecule has 0 unspecified atom stereocenters. The minimum absolute atomic E-state index is 0.226. The van der Waals surface area contributed by atoms with E-state index < -0.39 is 5.60 Å². The Morgan fingerprint density at radius 2 is 2.13 bits per heavy atom. The third-order valence-corrected chi connectivity index (χ3v) is 4.71. The molecular weight excluding hydrogens is 400 g/mol. The minimum Gasteiger partial charge on any atom is -0.487 e. The number of hydrogen-bond donors (Lipinski definition) is 4. The number of carbonyl (C=O) groups is 1. The molecule has 0 bridgehead atoms. The molecule has 160 valence electrons. The lowest BCUT2D eigenvalue weighted by Crippen LogP contribution is -2.24. The Morgan fingerprint density at radius 1 is 1.32 bits per heavy atom. The molecule has 0 atom stereocenters. The smallest absolute Gasteiger partial charge is 0.257 e. The van der Waals surface area contributed by atoms with Gasteiger partial charge in [0.1, 0.15) is 28.5 Å². The fourth-order valence-electron chi connectivity index (χ4n) is 3.31. The fraction of sp³-hybridized carbons (Fsp3) is 0.238. The SMILES string of the molecule is Cn1ccc(NC(=O)c2cc(Oc3ccc(C(=N)NO)nc3)c3c(c2)OC(C)(C)C3)n1. The van der Waals surface area contributed by atoms with Gasteiger partial charge >= 0.3 is 0 Å². The van der Waals surface area contributed by atoms with E-state index in [9.17, 15) is 4.79 Å². The van der Waals surface area contributed by atoms with Crippen LogP contribution < -0.4 is 20.3 Å². The first kappa shape index (κ1) is 20.4. The second-order valence-corrected chi connectivity index (χ2v) is 7.79. The molecule has 4 rings (SSSR count). The van der Waals surface area contributed by atoms with E-state index in [0.717, 1.165) is 5.56 Å². The number of hydroxylamine groups is 1. The second-order valence-electron chi connectivity index (χ2n) is 7.79. The van der Waals surface area contributed by atoms with Crippen molar-refractivity contribution >= 4 is 17.6 Å². The zero-order valence-electron chi connectivity index (χ0n) is 17.3. The van der Waals surface area contributed by atoms with Crippen molar-refractivity contribution in [1.29, 1.82) is 5.41 Å². The van der Waals surface area contributed by atoms with E-state index in [1.54, 1.807) is 53.7 Å². The largest absolute Gasteiger partial charge is 0.487 e. The zero-order chi connectivity index (χ0) is 22.2. The number of carbonyl (C=O) groups excluding carboxylic acids is 1. The number of aryl methyl sites for hydroxylation is 1. The van der Waals surface area contributed by atoms with Gasteiger partial charge in [0, 0.05) is 36.9 Å². The van der Waals surface area contributed by atoms with Gasteiger partial charge in [0.05, 0.1) is 6.20 Å². The van der Waals surface area contributed by atoms with E-state index in [1.807, 2.05) is 13.8 Å². The van der Waals surface area contributed by atoms with E-state index in [1.165, 1.54) is 6.20 Å². The number of nitrogens with one attached hydrogen (secondary N) is 3. The van der Waals surface area contributed by atoms with Crippen molar-refractivity contribution in [2.45, 2.75) is 25.9 Å². The average Bonchev–Trinajstić information content (AvgIpc) is 3.28. The summed E-state index contributed by atoms with van der Waals surface area (Å²) in [5.74, 6) is 1.37. The lowest BCUT2D eigenvalue weighted by molar-refractivity contribution is 0.102. The number of rotatable bonds is 5. The van der Waals surface area contributed by atoms with Gasteiger partial charge in [-0.15, -0.1) is 0 Å². The molecule has 3 aromatic rings. The van der Waals surface area contributed by atoms with Crippen molar-refractivity contribution in [3.05, 3.63) is 59.5 Å². The van der Waals surface area contributed by atoms with Crippen LogP contribution in [-0.2, 0) is 13.5 Å². The van der Waals surface area contributed by atoms with Gasteiger partial charge in [-0.05, 0) is 38.1 Å². The lowest BCUT2D eigenvalue weighted by atomic mass is 9.99. The Labute approximate surface area is 178 Å². The lowest BCUT2D eigenvalue weighted by Gasteiger charge is -2.16. The molecular formula is C21H22N6O4. The molecule has 4 N–H and O–H groups in total. The van der Waals surface area contributed by atoms with Gasteiger partial charge < -0.3 is 14.8 Å². The Kier molecular flexibility index (Phi) is 5.07. The maximum Gasteiger partial charge on any atom is 0.257 e. The number of hydrogen-bond acceptors (Lipinski definition) is 7. The number of fused-ring (bicyclic) bond motifs is 1. The molecule has 2 aromatic heterocycles. The number of pyridine rings is 1. The van der Waals surface area contributed by atoms with Crippen LogP contribution in [0.2, 0.25) is 0 Å². The van der Waals surface area contributed by atoms with E-state index in [2.05, 4.69) is 15.4 Å². The van der Waals surface area contributed by atoms with Crippen molar-refractivity contribution in [2.24, 2.45) is 7.05 Å². The number of ether oxygens (including phenoxy) is 2. The third kappa shape index (κ3) is 4.33. The second kappa shape index (κ2) is 7.73. The van der Waals surface area contributed by atoms with Gasteiger partial charge in [-0.3, -0.25) is 25.6 Å². The van der Waals surface area contributed by atoms with Gasteiger partial charge in [-0.2, -0.15) is 5.10 Å².